The summed E-state index contributed by atoms with van der Waals surface area (Å²) in [6, 6.07) is 17.4. The Morgan fingerprint density at radius 1 is 1.08 bits per heavy atom. The van der Waals surface area contributed by atoms with Gasteiger partial charge in [-0.3, -0.25) is 4.90 Å². The third-order valence-corrected chi connectivity index (χ3v) is 5.95. The van der Waals surface area contributed by atoms with Crippen molar-refractivity contribution in [3.8, 4) is 0 Å². The second-order valence-electron chi connectivity index (χ2n) is 6.54. The van der Waals surface area contributed by atoms with Crippen LogP contribution in [0.1, 0.15) is 17.5 Å². The monoisotopic (exact) mass is 344 g/mol. The Bertz CT molecular complexity index is 758. The van der Waals surface area contributed by atoms with Gasteiger partial charge in [-0.1, -0.05) is 48.0 Å². The molecule has 1 fully saturated rings. The van der Waals surface area contributed by atoms with Crippen molar-refractivity contribution in [1.29, 1.82) is 0 Å². The third-order valence-electron chi connectivity index (χ3n) is 4.51. The van der Waals surface area contributed by atoms with Gasteiger partial charge in [0.2, 0.25) is 10.0 Å². The normalized spacial score (nSPS) is 18.8. The number of nitrogens with one attached hydrogen (secondary N) is 1. The summed E-state index contributed by atoms with van der Waals surface area (Å²) in [4.78, 5) is 2.73. The van der Waals surface area contributed by atoms with E-state index in [1.165, 1.54) is 5.56 Å². The molecule has 128 valence electrons. The molecule has 0 bridgehead atoms. The lowest BCUT2D eigenvalue weighted by Gasteiger charge is -2.16. The van der Waals surface area contributed by atoms with Crippen LogP contribution in [0, 0.1) is 12.8 Å². The highest BCUT2D eigenvalue weighted by Crippen LogP contribution is 2.19. The first-order valence-corrected chi connectivity index (χ1v) is 9.84. The summed E-state index contributed by atoms with van der Waals surface area (Å²) in [7, 11) is -3.41. The van der Waals surface area contributed by atoms with Crippen molar-refractivity contribution < 1.29 is 8.42 Å². The van der Waals surface area contributed by atoms with Crippen LogP contribution >= 0.6 is 0 Å². The zero-order chi connectivity index (χ0) is 17.0. The van der Waals surface area contributed by atoms with E-state index in [1.54, 1.807) is 12.1 Å². The lowest BCUT2D eigenvalue weighted by atomic mass is 10.1. The van der Waals surface area contributed by atoms with Crippen LogP contribution in [0.2, 0.25) is 0 Å². The first-order chi connectivity index (χ1) is 11.5. The van der Waals surface area contributed by atoms with E-state index in [2.05, 4.69) is 33.9 Å². The molecule has 0 amide bonds. The lowest BCUT2D eigenvalue weighted by Crippen LogP contribution is -2.31. The number of likely N-dealkylation sites (tertiary alicyclic amines) is 1. The molecule has 1 aliphatic rings. The van der Waals surface area contributed by atoms with Crippen LogP contribution in [0.3, 0.4) is 0 Å². The molecule has 2 aromatic rings. The quantitative estimate of drug-likeness (QED) is 0.877. The SMILES string of the molecule is Cc1ccc(S(=O)(=O)NCC2CCN(Cc3ccccc3)C2)cc1. The van der Waals surface area contributed by atoms with Crippen molar-refractivity contribution in [2.24, 2.45) is 5.92 Å². The van der Waals surface area contributed by atoms with E-state index >= 15 is 0 Å². The zero-order valence-electron chi connectivity index (χ0n) is 14.0. The summed E-state index contributed by atoms with van der Waals surface area (Å²) >= 11 is 0. The van der Waals surface area contributed by atoms with Gasteiger partial charge in [0.1, 0.15) is 0 Å². The van der Waals surface area contributed by atoms with Crippen molar-refractivity contribution >= 4 is 10.0 Å². The second kappa shape index (κ2) is 7.47. The van der Waals surface area contributed by atoms with Gasteiger partial charge in [-0.25, -0.2) is 13.1 Å². The number of aryl methyl sites for hydroxylation is 1. The first-order valence-electron chi connectivity index (χ1n) is 8.35. The van der Waals surface area contributed by atoms with Crippen LogP contribution in [-0.2, 0) is 16.6 Å². The van der Waals surface area contributed by atoms with E-state index < -0.39 is 10.0 Å². The van der Waals surface area contributed by atoms with E-state index in [9.17, 15) is 8.42 Å². The van der Waals surface area contributed by atoms with Crippen LogP contribution in [0.5, 0.6) is 0 Å². The van der Waals surface area contributed by atoms with Gasteiger partial charge in [0.15, 0.2) is 0 Å². The van der Waals surface area contributed by atoms with Crippen molar-refractivity contribution in [3.05, 3.63) is 65.7 Å². The van der Waals surface area contributed by atoms with E-state index in [1.807, 2.05) is 25.1 Å². The summed E-state index contributed by atoms with van der Waals surface area (Å²) in [5.41, 5.74) is 2.36. The zero-order valence-corrected chi connectivity index (χ0v) is 14.8. The third kappa shape index (κ3) is 4.44. The number of rotatable bonds is 6. The maximum absolute atomic E-state index is 12.3. The molecule has 1 aliphatic heterocycles. The fourth-order valence-corrected chi connectivity index (χ4v) is 4.21. The van der Waals surface area contributed by atoms with Gasteiger partial charge in [-0.05, 0) is 43.5 Å². The Hall–Kier alpha value is -1.69. The van der Waals surface area contributed by atoms with Crippen molar-refractivity contribution in [1.82, 2.24) is 9.62 Å². The molecule has 1 unspecified atom stereocenters. The molecule has 1 heterocycles. The van der Waals surface area contributed by atoms with Gasteiger partial charge in [0.25, 0.3) is 0 Å². The predicted octanol–water partition coefficient (Wildman–Crippen LogP) is 2.80. The number of nitrogens with zero attached hydrogens (tertiary/aromatic N) is 1. The lowest BCUT2D eigenvalue weighted by molar-refractivity contribution is 0.316. The maximum atomic E-state index is 12.3. The molecule has 2 aromatic carbocycles. The number of benzene rings is 2. The molecular formula is C19H24N2O2S. The Morgan fingerprint density at radius 3 is 2.50 bits per heavy atom. The van der Waals surface area contributed by atoms with E-state index in [0.29, 0.717) is 17.4 Å². The molecule has 0 radical (unpaired) electrons. The van der Waals surface area contributed by atoms with Crippen molar-refractivity contribution in [2.45, 2.75) is 24.8 Å². The number of hydrogen-bond donors (Lipinski definition) is 1. The highest BCUT2D eigenvalue weighted by atomic mass is 32.2. The van der Waals surface area contributed by atoms with Gasteiger partial charge in [0.05, 0.1) is 4.90 Å². The molecular weight excluding hydrogens is 320 g/mol. The van der Waals surface area contributed by atoms with Crippen LogP contribution in [0.15, 0.2) is 59.5 Å². The summed E-state index contributed by atoms with van der Waals surface area (Å²) in [6.45, 7) is 5.34. The Balaban J connectivity index is 1.51. The molecule has 1 atom stereocenters. The molecule has 24 heavy (non-hydrogen) atoms. The van der Waals surface area contributed by atoms with Gasteiger partial charge < -0.3 is 0 Å². The Labute approximate surface area is 144 Å². The molecule has 4 nitrogen and oxygen atoms in total. The molecule has 0 aliphatic carbocycles. The average molecular weight is 344 g/mol. The van der Waals surface area contributed by atoms with Crippen molar-refractivity contribution in [3.63, 3.8) is 0 Å². The molecule has 3 rings (SSSR count). The molecule has 0 saturated carbocycles. The molecule has 5 heteroatoms. The second-order valence-corrected chi connectivity index (χ2v) is 8.31. The van der Waals surface area contributed by atoms with Gasteiger partial charge in [-0.2, -0.15) is 0 Å². The highest BCUT2D eigenvalue weighted by molar-refractivity contribution is 7.89. The van der Waals surface area contributed by atoms with E-state index in [4.69, 9.17) is 0 Å². The van der Waals surface area contributed by atoms with Crippen LogP contribution in [-0.4, -0.2) is 33.0 Å². The fraction of sp³-hybridized carbons (Fsp3) is 0.368. The van der Waals surface area contributed by atoms with Gasteiger partial charge in [0, 0.05) is 19.6 Å². The first kappa shape index (κ1) is 17.1. The summed E-state index contributed by atoms with van der Waals surface area (Å²) in [6.07, 6.45) is 1.03. The summed E-state index contributed by atoms with van der Waals surface area (Å²) in [5, 5.41) is 0. The topological polar surface area (TPSA) is 49.4 Å². The van der Waals surface area contributed by atoms with Crippen LogP contribution in [0.25, 0.3) is 0 Å². The maximum Gasteiger partial charge on any atom is 0.240 e. The Kier molecular flexibility index (Phi) is 5.33. The smallest absolute Gasteiger partial charge is 0.240 e. The van der Waals surface area contributed by atoms with Crippen molar-refractivity contribution in [2.75, 3.05) is 19.6 Å². The largest absolute Gasteiger partial charge is 0.299 e. The van der Waals surface area contributed by atoms with E-state index in [-0.39, 0.29) is 0 Å². The summed E-state index contributed by atoms with van der Waals surface area (Å²) < 4.78 is 27.5. The molecule has 1 saturated heterocycles. The fourth-order valence-electron chi connectivity index (χ4n) is 3.09. The minimum atomic E-state index is -3.41. The van der Waals surface area contributed by atoms with Crippen LogP contribution in [0.4, 0.5) is 0 Å². The number of sulfonamides is 1. The highest BCUT2D eigenvalue weighted by Gasteiger charge is 2.24. The standard InChI is InChI=1S/C19H24N2O2S/c1-16-7-9-19(10-8-16)24(22,23)20-13-18-11-12-21(15-18)14-17-5-3-2-4-6-17/h2-10,18,20H,11-15H2,1H3. The van der Waals surface area contributed by atoms with Crippen LogP contribution < -0.4 is 4.72 Å². The van der Waals surface area contributed by atoms with Gasteiger partial charge in [-0.15, -0.1) is 0 Å². The average Bonchev–Trinajstić information content (AvgIpc) is 3.02. The van der Waals surface area contributed by atoms with Gasteiger partial charge >= 0.3 is 0 Å². The van der Waals surface area contributed by atoms with E-state index in [0.717, 1.165) is 31.6 Å². The predicted molar refractivity (Wildman–Crippen MR) is 96.2 cm³/mol. The molecule has 0 aromatic heterocycles. The molecule has 0 spiro atoms. The summed E-state index contributed by atoms with van der Waals surface area (Å²) in [5.74, 6) is 0.369. The minimum absolute atomic E-state index is 0.340. The number of hydrogen-bond acceptors (Lipinski definition) is 3. The molecule has 1 N–H and O–H groups in total. The Morgan fingerprint density at radius 2 is 1.79 bits per heavy atom. The minimum Gasteiger partial charge on any atom is -0.299 e.